The van der Waals surface area contributed by atoms with Crippen LogP contribution in [0.5, 0.6) is 0 Å². The lowest BCUT2D eigenvalue weighted by molar-refractivity contribution is 0.114. The third-order valence-corrected chi connectivity index (χ3v) is 6.04. The largest absolute Gasteiger partial charge is 0.390 e. The molecule has 1 aliphatic rings. The normalized spacial score (nSPS) is 16.1. The van der Waals surface area contributed by atoms with Crippen molar-refractivity contribution in [2.24, 2.45) is 0 Å². The van der Waals surface area contributed by atoms with Gasteiger partial charge < -0.3 is 10.4 Å². The van der Waals surface area contributed by atoms with Crippen molar-refractivity contribution < 1.29 is 22.3 Å². The highest BCUT2D eigenvalue weighted by atomic mass is 32.2. The number of fused-ring (bicyclic) bond motifs is 1. The Labute approximate surface area is 157 Å². The number of benzene rings is 2. The minimum absolute atomic E-state index is 0.277. The number of aliphatic hydroxyl groups is 1. The predicted octanol–water partition coefficient (Wildman–Crippen LogP) is 2.51. The fraction of sp³-hybridized carbons (Fsp3) is 0.368. The molecule has 0 amide bonds. The molecule has 0 radical (unpaired) electrons. The highest BCUT2D eigenvalue weighted by molar-refractivity contribution is 7.91. The van der Waals surface area contributed by atoms with Gasteiger partial charge in [0.25, 0.3) is 0 Å². The summed E-state index contributed by atoms with van der Waals surface area (Å²) < 4.78 is 47.9. The molecule has 146 valence electrons. The Bertz CT molecular complexity index is 873. The molecule has 1 aliphatic heterocycles. The van der Waals surface area contributed by atoms with Crippen LogP contribution in [0.2, 0.25) is 0 Å². The van der Waals surface area contributed by atoms with Crippen LogP contribution in [0, 0.1) is 0 Å². The van der Waals surface area contributed by atoms with Crippen LogP contribution in [0.3, 0.4) is 0 Å². The van der Waals surface area contributed by atoms with Crippen molar-refractivity contribution >= 4 is 15.5 Å². The second-order valence-corrected chi connectivity index (χ2v) is 8.54. The zero-order valence-electron chi connectivity index (χ0n) is 14.7. The molecular formula is C19H22F2N2O3S. The highest BCUT2D eigenvalue weighted by Crippen LogP contribution is 2.21. The molecule has 8 heteroatoms. The average molecular weight is 396 g/mol. The minimum Gasteiger partial charge on any atom is -0.390 e. The first kappa shape index (κ1) is 19.7. The zero-order valence-corrected chi connectivity index (χ0v) is 15.5. The molecule has 0 spiro atoms. The van der Waals surface area contributed by atoms with Gasteiger partial charge in [0, 0.05) is 31.9 Å². The Morgan fingerprint density at radius 2 is 1.74 bits per heavy atom. The lowest BCUT2D eigenvalue weighted by Crippen LogP contribution is -2.39. The molecule has 27 heavy (non-hydrogen) atoms. The fourth-order valence-corrected chi connectivity index (χ4v) is 3.89. The number of hydrogen-bond acceptors (Lipinski definition) is 5. The van der Waals surface area contributed by atoms with E-state index in [1.807, 2.05) is 12.1 Å². The van der Waals surface area contributed by atoms with E-state index in [9.17, 15) is 22.3 Å². The summed E-state index contributed by atoms with van der Waals surface area (Å²) in [6, 6.07) is 13.4. The Hall–Kier alpha value is -2.03. The standard InChI is InChI=1S/C19H22F2N2O3S/c20-19(21)27(25,26)18-7-5-16(6-8-18)22-11-17(24)13-23-10-9-14-3-1-2-4-15(14)12-23/h1-8,17,19,22,24H,9-13H2. The molecule has 0 aliphatic carbocycles. The van der Waals surface area contributed by atoms with Crippen molar-refractivity contribution in [2.75, 3.05) is 25.0 Å². The number of halogens is 2. The van der Waals surface area contributed by atoms with Crippen LogP contribution in [0.4, 0.5) is 14.5 Å². The number of rotatable bonds is 7. The number of β-amino-alcohol motifs (C(OH)–C–C–N with tert-alkyl or cyclic N) is 1. The van der Waals surface area contributed by atoms with E-state index in [2.05, 4.69) is 22.3 Å². The van der Waals surface area contributed by atoms with Crippen molar-refractivity contribution in [3.05, 3.63) is 59.7 Å². The van der Waals surface area contributed by atoms with Gasteiger partial charge in [0.1, 0.15) is 0 Å². The van der Waals surface area contributed by atoms with Gasteiger partial charge in [-0.1, -0.05) is 24.3 Å². The van der Waals surface area contributed by atoms with Gasteiger partial charge in [-0.2, -0.15) is 8.78 Å². The molecule has 0 saturated heterocycles. The Morgan fingerprint density at radius 1 is 1.07 bits per heavy atom. The van der Waals surface area contributed by atoms with E-state index in [1.165, 1.54) is 23.3 Å². The van der Waals surface area contributed by atoms with Crippen LogP contribution in [-0.4, -0.2) is 49.9 Å². The number of aliphatic hydroxyl groups excluding tert-OH is 1. The summed E-state index contributed by atoms with van der Waals surface area (Å²) in [6.07, 6.45) is 0.343. The molecule has 1 atom stereocenters. The van der Waals surface area contributed by atoms with Crippen LogP contribution in [0.1, 0.15) is 11.1 Å². The van der Waals surface area contributed by atoms with Crippen LogP contribution >= 0.6 is 0 Å². The van der Waals surface area contributed by atoms with Gasteiger partial charge in [-0.05, 0) is 41.8 Å². The first-order valence-electron chi connectivity index (χ1n) is 8.69. The Morgan fingerprint density at radius 3 is 2.41 bits per heavy atom. The smallest absolute Gasteiger partial charge is 0.341 e. The number of nitrogens with one attached hydrogen (secondary N) is 1. The third kappa shape index (κ3) is 4.82. The maximum absolute atomic E-state index is 12.5. The third-order valence-electron chi connectivity index (χ3n) is 4.64. The van der Waals surface area contributed by atoms with Gasteiger partial charge in [-0.15, -0.1) is 0 Å². The Kier molecular flexibility index (Phi) is 6.08. The van der Waals surface area contributed by atoms with Gasteiger partial charge >= 0.3 is 5.76 Å². The summed E-state index contributed by atoms with van der Waals surface area (Å²) in [4.78, 5) is 1.77. The van der Waals surface area contributed by atoms with Crippen LogP contribution in [0.25, 0.3) is 0 Å². The average Bonchev–Trinajstić information content (AvgIpc) is 2.66. The summed E-state index contributed by atoms with van der Waals surface area (Å²) in [6.45, 7) is 2.47. The lowest BCUT2D eigenvalue weighted by Gasteiger charge is -2.30. The van der Waals surface area contributed by atoms with E-state index in [0.29, 0.717) is 12.2 Å². The number of nitrogens with zero attached hydrogens (tertiary/aromatic N) is 1. The quantitative estimate of drug-likeness (QED) is 0.753. The number of hydrogen-bond donors (Lipinski definition) is 2. The van der Waals surface area contributed by atoms with Crippen molar-refractivity contribution in [3.8, 4) is 0 Å². The molecule has 1 heterocycles. The topological polar surface area (TPSA) is 69.6 Å². The van der Waals surface area contributed by atoms with Crippen molar-refractivity contribution in [3.63, 3.8) is 0 Å². The molecule has 2 aromatic rings. The van der Waals surface area contributed by atoms with Gasteiger partial charge in [0.2, 0.25) is 9.84 Å². The Balaban J connectivity index is 1.50. The van der Waals surface area contributed by atoms with Gasteiger partial charge in [0.05, 0.1) is 11.0 Å². The van der Waals surface area contributed by atoms with Crippen LogP contribution < -0.4 is 5.32 Å². The number of alkyl halides is 2. The summed E-state index contributed by atoms with van der Waals surface area (Å²) in [5.41, 5.74) is 3.19. The monoisotopic (exact) mass is 396 g/mol. The maximum atomic E-state index is 12.5. The molecule has 0 bridgehead atoms. The molecule has 0 fully saturated rings. The lowest BCUT2D eigenvalue weighted by atomic mass is 10.00. The fourth-order valence-electron chi connectivity index (χ4n) is 3.17. The maximum Gasteiger partial charge on any atom is 0.341 e. The van der Waals surface area contributed by atoms with Gasteiger partial charge in [-0.25, -0.2) is 8.42 Å². The van der Waals surface area contributed by atoms with Gasteiger partial charge in [-0.3, -0.25) is 4.90 Å². The predicted molar refractivity (Wildman–Crippen MR) is 99.6 cm³/mol. The molecule has 2 N–H and O–H groups in total. The van der Waals surface area contributed by atoms with E-state index in [4.69, 9.17) is 0 Å². The van der Waals surface area contributed by atoms with E-state index in [-0.39, 0.29) is 6.54 Å². The molecule has 1 unspecified atom stereocenters. The summed E-state index contributed by atoms with van der Waals surface area (Å²) in [7, 11) is -4.59. The number of sulfone groups is 1. The molecule has 0 aromatic heterocycles. The molecule has 0 saturated carbocycles. The second kappa shape index (κ2) is 8.33. The summed E-state index contributed by atoms with van der Waals surface area (Å²) in [5, 5.41) is 13.3. The van der Waals surface area contributed by atoms with Crippen molar-refractivity contribution in [2.45, 2.75) is 29.7 Å². The van der Waals surface area contributed by atoms with E-state index in [1.54, 1.807) is 0 Å². The van der Waals surface area contributed by atoms with Crippen LogP contribution in [-0.2, 0) is 22.8 Å². The van der Waals surface area contributed by atoms with Crippen molar-refractivity contribution in [1.82, 2.24) is 4.90 Å². The molecule has 5 nitrogen and oxygen atoms in total. The van der Waals surface area contributed by atoms with E-state index >= 15 is 0 Å². The first-order valence-corrected chi connectivity index (χ1v) is 10.2. The van der Waals surface area contributed by atoms with Crippen molar-refractivity contribution in [1.29, 1.82) is 0 Å². The molecule has 3 rings (SSSR count). The summed E-state index contributed by atoms with van der Waals surface area (Å²) >= 11 is 0. The first-order chi connectivity index (χ1) is 12.9. The van der Waals surface area contributed by atoms with E-state index in [0.717, 1.165) is 31.6 Å². The van der Waals surface area contributed by atoms with Gasteiger partial charge in [0.15, 0.2) is 0 Å². The minimum atomic E-state index is -4.59. The highest BCUT2D eigenvalue weighted by Gasteiger charge is 2.26. The molecule has 2 aromatic carbocycles. The summed E-state index contributed by atoms with van der Waals surface area (Å²) in [5.74, 6) is -3.44. The molecular weight excluding hydrogens is 374 g/mol. The SMILES string of the molecule is O=S(=O)(c1ccc(NCC(O)CN2CCc3ccccc3C2)cc1)C(F)F. The van der Waals surface area contributed by atoms with Crippen LogP contribution in [0.15, 0.2) is 53.4 Å². The number of anilines is 1. The zero-order chi connectivity index (χ0) is 19.4. The van der Waals surface area contributed by atoms with E-state index < -0.39 is 26.6 Å². The second-order valence-electron chi connectivity index (χ2n) is 6.62.